The lowest BCUT2D eigenvalue weighted by molar-refractivity contribution is 0.0730. The smallest absolute Gasteiger partial charge is 0.264 e. The average molecular weight is 426 g/mol. The molecular formula is C25H19N3O2S. The number of H-pyrrole nitrogens is 1. The van der Waals surface area contributed by atoms with Crippen molar-refractivity contribution in [3.63, 3.8) is 0 Å². The average Bonchev–Trinajstić information content (AvgIpc) is 3.23. The molecule has 0 atom stereocenters. The van der Waals surface area contributed by atoms with Crippen LogP contribution in [0, 0.1) is 0 Å². The van der Waals surface area contributed by atoms with Crippen LogP contribution in [-0.2, 0) is 13.1 Å². The molecule has 0 bridgehead atoms. The molecule has 5 aromatic rings. The lowest BCUT2D eigenvalue weighted by atomic mass is 10.2. The molecule has 0 unspecified atom stereocenters. The number of nitrogens with zero attached hydrogens (tertiary/aromatic N) is 2. The molecule has 152 valence electrons. The first-order chi connectivity index (χ1) is 15.2. The molecule has 6 heteroatoms. The Balaban J connectivity index is 1.52. The predicted molar refractivity (Wildman–Crippen MR) is 124 cm³/mol. The highest BCUT2D eigenvalue weighted by atomic mass is 32.1. The van der Waals surface area contributed by atoms with Crippen LogP contribution in [0.5, 0.6) is 0 Å². The zero-order chi connectivity index (χ0) is 21.2. The Morgan fingerprint density at radius 3 is 2.48 bits per heavy atom. The van der Waals surface area contributed by atoms with E-state index in [4.69, 9.17) is 0 Å². The fourth-order valence-corrected chi connectivity index (χ4v) is 4.67. The summed E-state index contributed by atoms with van der Waals surface area (Å²) < 4.78 is 1.07. The number of hydrogen-bond donors (Lipinski definition) is 1. The number of rotatable bonds is 5. The highest BCUT2D eigenvalue weighted by Crippen LogP contribution is 2.27. The van der Waals surface area contributed by atoms with Gasteiger partial charge in [-0.3, -0.25) is 9.59 Å². The minimum absolute atomic E-state index is 0.0825. The molecule has 1 amide bonds. The molecule has 0 saturated heterocycles. The minimum Gasteiger partial charge on any atom is -0.326 e. The van der Waals surface area contributed by atoms with Gasteiger partial charge in [0.2, 0.25) is 0 Å². The lowest BCUT2D eigenvalue weighted by Crippen LogP contribution is -2.31. The number of benzene rings is 3. The number of para-hydroxylation sites is 1. The Kier molecular flexibility index (Phi) is 5.06. The second kappa shape index (κ2) is 8.16. The van der Waals surface area contributed by atoms with Gasteiger partial charge in [-0.15, -0.1) is 11.3 Å². The van der Waals surface area contributed by atoms with E-state index in [0.29, 0.717) is 28.1 Å². The van der Waals surface area contributed by atoms with E-state index in [1.54, 1.807) is 11.0 Å². The normalized spacial score (nSPS) is 11.1. The second-order valence-corrected chi connectivity index (χ2v) is 8.41. The molecule has 0 saturated carbocycles. The summed E-state index contributed by atoms with van der Waals surface area (Å²) in [6.45, 7) is 0.631. The molecule has 0 radical (unpaired) electrons. The molecule has 0 aliphatic rings. The van der Waals surface area contributed by atoms with E-state index in [1.165, 1.54) is 11.3 Å². The first-order valence-electron chi connectivity index (χ1n) is 9.97. The third-order valence-corrected chi connectivity index (χ3v) is 6.25. The van der Waals surface area contributed by atoms with Gasteiger partial charge in [0.25, 0.3) is 11.5 Å². The Labute approximate surface area is 182 Å². The van der Waals surface area contributed by atoms with Gasteiger partial charge in [0, 0.05) is 11.2 Å². The summed E-state index contributed by atoms with van der Waals surface area (Å²) in [5.74, 6) is 0.384. The lowest BCUT2D eigenvalue weighted by Gasteiger charge is -2.22. The van der Waals surface area contributed by atoms with Crippen LogP contribution in [0.2, 0.25) is 0 Å². The van der Waals surface area contributed by atoms with E-state index >= 15 is 0 Å². The molecule has 2 aromatic heterocycles. The number of carbonyl (C=O) groups excluding carboxylic acids is 1. The van der Waals surface area contributed by atoms with Crippen molar-refractivity contribution in [3.8, 4) is 0 Å². The van der Waals surface area contributed by atoms with Crippen molar-refractivity contribution in [2.75, 3.05) is 0 Å². The van der Waals surface area contributed by atoms with Crippen LogP contribution in [0.1, 0.15) is 21.1 Å². The number of nitrogens with one attached hydrogen (secondary N) is 1. The Bertz CT molecular complexity index is 1410. The van der Waals surface area contributed by atoms with Gasteiger partial charge in [0.05, 0.1) is 22.3 Å². The second-order valence-electron chi connectivity index (χ2n) is 7.33. The summed E-state index contributed by atoms with van der Waals surface area (Å²) >= 11 is 1.48. The number of amides is 1. The zero-order valence-electron chi connectivity index (χ0n) is 16.6. The topological polar surface area (TPSA) is 66.1 Å². The quantitative estimate of drug-likeness (QED) is 0.432. The van der Waals surface area contributed by atoms with Crippen molar-refractivity contribution in [1.29, 1.82) is 0 Å². The molecule has 0 fully saturated rings. The molecule has 5 nitrogen and oxygen atoms in total. The highest BCUT2D eigenvalue weighted by Gasteiger charge is 2.20. The van der Waals surface area contributed by atoms with Crippen LogP contribution in [-0.4, -0.2) is 20.8 Å². The highest BCUT2D eigenvalue weighted by molar-refractivity contribution is 7.20. The fraction of sp³-hybridized carbons (Fsp3) is 0.0800. The van der Waals surface area contributed by atoms with Gasteiger partial charge in [-0.1, -0.05) is 60.7 Å². The van der Waals surface area contributed by atoms with Gasteiger partial charge in [0.1, 0.15) is 5.82 Å². The monoisotopic (exact) mass is 425 g/mol. The fourth-order valence-electron chi connectivity index (χ4n) is 3.64. The van der Waals surface area contributed by atoms with Crippen molar-refractivity contribution in [3.05, 3.63) is 112 Å². The van der Waals surface area contributed by atoms with Crippen LogP contribution in [0.4, 0.5) is 0 Å². The standard InChI is InChI=1S/C25H19N3O2S/c29-24-19-11-5-6-12-20(19)26-23(27-24)16-28(15-17-8-2-1-3-9-17)25(30)22-14-18-10-4-7-13-21(18)31-22/h1-14H,15-16H2,(H,26,27,29). The van der Waals surface area contributed by atoms with Gasteiger partial charge in [-0.05, 0) is 35.2 Å². The summed E-state index contributed by atoms with van der Waals surface area (Å²) in [5.41, 5.74) is 1.44. The molecular weight excluding hydrogens is 406 g/mol. The molecule has 31 heavy (non-hydrogen) atoms. The summed E-state index contributed by atoms with van der Waals surface area (Å²) in [5, 5.41) is 1.59. The Morgan fingerprint density at radius 2 is 1.65 bits per heavy atom. The molecule has 3 aromatic carbocycles. The van der Waals surface area contributed by atoms with E-state index in [1.807, 2.05) is 78.9 Å². The van der Waals surface area contributed by atoms with Gasteiger partial charge in [-0.25, -0.2) is 4.98 Å². The summed E-state index contributed by atoms with van der Waals surface area (Å²) in [7, 11) is 0. The van der Waals surface area contributed by atoms with Gasteiger partial charge in [-0.2, -0.15) is 0 Å². The van der Waals surface area contributed by atoms with Gasteiger partial charge >= 0.3 is 0 Å². The van der Waals surface area contributed by atoms with Crippen LogP contribution in [0.15, 0.2) is 89.7 Å². The van der Waals surface area contributed by atoms with E-state index < -0.39 is 0 Å². The van der Waals surface area contributed by atoms with E-state index in [0.717, 1.165) is 15.6 Å². The molecule has 2 heterocycles. The van der Waals surface area contributed by atoms with Crippen LogP contribution in [0.3, 0.4) is 0 Å². The number of carbonyl (C=O) groups is 1. The number of aromatic nitrogens is 2. The third-order valence-electron chi connectivity index (χ3n) is 5.14. The van der Waals surface area contributed by atoms with Crippen molar-refractivity contribution in [1.82, 2.24) is 14.9 Å². The largest absolute Gasteiger partial charge is 0.326 e. The Morgan fingerprint density at radius 1 is 0.903 bits per heavy atom. The maximum atomic E-state index is 13.5. The molecule has 0 aliphatic carbocycles. The predicted octanol–water partition coefficient (Wildman–Crippen LogP) is 4.98. The third kappa shape index (κ3) is 3.98. The maximum absolute atomic E-state index is 13.5. The molecule has 1 N–H and O–H groups in total. The van der Waals surface area contributed by atoms with Crippen LogP contribution < -0.4 is 5.56 Å². The number of fused-ring (bicyclic) bond motifs is 2. The number of hydrogen-bond acceptors (Lipinski definition) is 4. The summed E-state index contributed by atoms with van der Waals surface area (Å²) in [6.07, 6.45) is 0. The van der Waals surface area contributed by atoms with Crippen molar-refractivity contribution < 1.29 is 4.79 Å². The van der Waals surface area contributed by atoms with E-state index in [-0.39, 0.29) is 18.0 Å². The number of aromatic amines is 1. The Hall–Kier alpha value is -3.77. The first-order valence-corrected chi connectivity index (χ1v) is 10.8. The van der Waals surface area contributed by atoms with Crippen LogP contribution >= 0.6 is 11.3 Å². The summed E-state index contributed by atoms with van der Waals surface area (Å²) in [6, 6.07) is 26.9. The van der Waals surface area contributed by atoms with Crippen molar-refractivity contribution in [2.45, 2.75) is 13.1 Å². The van der Waals surface area contributed by atoms with E-state index in [2.05, 4.69) is 9.97 Å². The van der Waals surface area contributed by atoms with Crippen molar-refractivity contribution in [2.24, 2.45) is 0 Å². The van der Waals surface area contributed by atoms with Crippen molar-refractivity contribution >= 4 is 38.2 Å². The van der Waals surface area contributed by atoms with E-state index in [9.17, 15) is 9.59 Å². The molecule has 0 spiro atoms. The maximum Gasteiger partial charge on any atom is 0.264 e. The zero-order valence-corrected chi connectivity index (χ0v) is 17.4. The molecule has 5 rings (SSSR count). The summed E-state index contributed by atoms with van der Waals surface area (Å²) in [4.78, 5) is 35.8. The first kappa shape index (κ1) is 19.2. The minimum atomic E-state index is -0.199. The van der Waals surface area contributed by atoms with Crippen LogP contribution in [0.25, 0.3) is 21.0 Å². The SMILES string of the molecule is O=C(c1cc2ccccc2s1)N(Cc1ccccc1)Cc1nc2ccccc2c(=O)[nH]1. The van der Waals surface area contributed by atoms with Gasteiger partial charge < -0.3 is 9.88 Å². The molecule has 0 aliphatic heterocycles. The van der Waals surface area contributed by atoms with Gasteiger partial charge in [0.15, 0.2) is 0 Å². The number of thiophene rings is 1.